The first-order chi connectivity index (χ1) is 21.0. The second-order valence-electron chi connectivity index (χ2n) is 10.8. The van der Waals surface area contributed by atoms with Crippen molar-refractivity contribution in [3.8, 4) is 17.1 Å². The smallest absolute Gasteiger partial charge is 0.407 e. The summed E-state index contributed by atoms with van der Waals surface area (Å²) in [6.45, 7) is 5.14. The van der Waals surface area contributed by atoms with Crippen molar-refractivity contribution in [2.75, 3.05) is 19.0 Å². The van der Waals surface area contributed by atoms with Gasteiger partial charge in [-0.1, -0.05) is 0 Å². The van der Waals surface area contributed by atoms with Crippen molar-refractivity contribution in [1.29, 1.82) is 0 Å². The number of alkyl carbamates (subject to hydrolysis) is 1. The van der Waals surface area contributed by atoms with Crippen LogP contribution in [0.5, 0.6) is 5.88 Å². The lowest BCUT2D eigenvalue weighted by Crippen LogP contribution is -2.35. The van der Waals surface area contributed by atoms with Crippen molar-refractivity contribution in [3.63, 3.8) is 0 Å². The van der Waals surface area contributed by atoms with Gasteiger partial charge in [0.25, 0.3) is 0 Å². The molecule has 0 aromatic carbocycles. The second-order valence-corrected chi connectivity index (χ2v) is 10.8. The largest absolute Gasteiger partial charge is 0.481 e. The quantitative estimate of drug-likeness (QED) is 0.175. The minimum Gasteiger partial charge on any atom is -0.481 e. The summed E-state index contributed by atoms with van der Waals surface area (Å²) in [4.78, 5) is 38.5. The van der Waals surface area contributed by atoms with Crippen molar-refractivity contribution in [3.05, 3.63) is 72.3 Å². The maximum absolute atomic E-state index is 15.8. The Labute approximate surface area is 251 Å². The topological polar surface area (TPSA) is 163 Å². The summed E-state index contributed by atoms with van der Waals surface area (Å²) in [6.07, 6.45) is 3.78. The third kappa shape index (κ3) is 6.94. The van der Waals surface area contributed by atoms with Gasteiger partial charge < -0.3 is 20.1 Å². The Bertz CT molecular complexity index is 1800. The first-order valence-corrected chi connectivity index (χ1v) is 13.6. The van der Waals surface area contributed by atoms with Crippen LogP contribution in [0.1, 0.15) is 49.3 Å². The summed E-state index contributed by atoms with van der Waals surface area (Å²) >= 11 is 0. The predicted molar refractivity (Wildman–Crippen MR) is 157 cm³/mol. The fraction of sp³-hybridized carbons (Fsp3) is 0.310. The van der Waals surface area contributed by atoms with E-state index in [4.69, 9.17) is 9.47 Å². The first-order valence-electron chi connectivity index (χ1n) is 13.6. The monoisotopic (exact) mass is 602 g/mol. The number of halogens is 1. The molecule has 228 valence electrons. The Kier molecular flexibility index (Phi) is 8.46. The Hall–Kier alpha value is -5.47. The number of amides is 1. The zero-order chi connectivity index (χ0) is 31.4. The number of ether oxygens (including phenoxy) is 2. The number of aryl methyl sites for hydroxylation is 1. The van der Waals surface area contributed by atoms with Crippen LogP contribution < -0.4 is 15.4 Å². The van der Waals surface area contributed by atoms with Gasteiger partial charge in [-0.25, -0.2) is 19.7 Å². The number of pyridine rings is 2. The van der Waals surface area contributed by atoms with Crippen LogP contribution in [0.3, 0.4) is 0 Å². The highest BCUT2D eigenvalue weighted by atomic mass is 19.1. The van der Waals surface area contributed by atoms with E-state index in [1.54, 1.807) is 75.2 Å². The number of carbonyl (C=O) groups is 2. The van der Waals surface area contributed by atoms with Gasteiger partial charge >= 0.3 is 6.09 Å². The Morgan fingerprint density at radius 3 is 2.57 bits per heavy atom. The van der Waals surface area contributed by atoms with Crippen LogP contribution in [-0.2, 0) is 11.8 Å². The summed E-state index contributed by atoms with van der Waals surface area (Å²) in [5.74, 6) is -0.255. The zero-order valence-corrected chi connectivity index (χ0v) is 24.8. The molecule has 1 amide bonds. The number of rotatable bonds is 10. The van der Waals surface area contributed by atoms with E-state index in [-0.39, 0.29) is 30.2 Å². The fourth-order valence-electron chi connectivity index (χ4n) is 4.38. The lowest BCUT2D eigenvalue weighted by atomic mass is 9.98. The highest BCUT2D eigenvalue weighted by Crippen LogP contribution is 2.27. The molecule has 0 aliphatic carbocycles. The highest BCUT2D eigenvalue weighted by molar-refractivity contribution is 5.96. The molecule has 5 aromatic heterocycles. The van der Waals surface area contributed by atoms with Crippen molar-refractivity contribution < 1.29 is 23.5 Å². The van der Waals surface area contributed by atoms with Gasteiger partial charge in [0.1, 0.15) is 17.2 Å². The van der Waals surface area contributed by atoms with Crippen LogP contribution in [0.2, 0.25) is 0 Å². The molecule has 0 fully saturated rings. The van der Waals surface area contributed by atoms with Gasteiger partial charge in [0, 0.05) is 67.7 Å². The molecule has 1 atom stereocenters. The number of fused-ring (bicyclic) bond motifs is 1. The minimum absolute atomic E-state index is 0.0683. The molecular weight excluding hydrogens is 571 g/mol. The van der Waals surface area contributed by atoms with E-state index >= 15 is 4.39 Å². The van der Waals surface area contributed by atoms with Gasteiger partial charge in [-0.3, -0.25) is 13.9 Å². The molecule has 0 radical (unpaired) electrons. The molecule has 15 heteroatoms. The molecule has 0 spiro atoms. The van der Waals surface area contributed by atoms with Crippen LogP contribution in [-0.4, -0.2) is 70.5 Å². The number of methoxy groups -OCH3 is 1. The summed E-state index contributed by atoms with van der Waals surface area (Å²) < 4.78 is 29.1. The first kappa shape index (κ1) is 30.0. The molecule has 5 aromatic rings. The maximum Gasteiger partial charge on any atom is 0.407 e. The summed E-state index contributed by atoms with van der Waals surface area (Å²) in [5.41, 5.74) is 0.663. The third-order valence-electron chi connectivity index (χ3n) is 6.45. The number of hydrogen-bond donors (Lipinski definition) is 2. The van der Waals surface area contributed by atoms with Crippen molar-refractivity contribution in [2.45, 2.75) is 38.7 Å². The molecule has 0 bridgehead atoms. The number of Topliss-reactive ketones (excluding diaryl/α,β-unsaturated/α-hetero) is 1. The minimum atomic E-state index is -0.763. The lowest BCUT2D eigenvalue weighted by Gasteiger charge is -2.21. The van der Waals surface area contributed by atoms with E-state index < -0.39 is 23.6 Å². The van der Waals surface area contributed by atoms with E-state index in [9.17, 15) is 9.59 Å². The van der Waals surface area contributed by atoms with Gasteiger partial charge in [-0.05, 0) is 39.0 Å². The van der Waals surface area contributed by atoms with E-state index in [0.717, 1.165) is 0 Å². The molecule has 0 saturated carbocycles. The molecular formula is C29H31FN10O4. The van der Waals surface area contributed by atoms with Crippen LogP contribution in [0.25, 0.3) is 16.9 Å². The molecule has 44 heavy (non-hydrogen) atoms. The number of aromatic nitrogens is 8. The number of nitrogens with zero attached hydrogens (tertiary/aromatic N) is 8. The van der Waals surface area contributed by atoms with Crippen LogP contribution in [0.4, 0.5) is 21.0 Å². The normalized spacial score (nSPS) is 12.1. The third-order valence-corrected chi connectivity index (χ3v) is 6.45. The van der Waals surface area contributed by atoms with Gasteiger partial charge in [0.05, 0.1) is 19.0 Å². The summed E-state index contributed by atoms with van der Waals surface area (Å²) in [6, 6.07) is 9.49. The number of anilines is 2. The molecule has 1 unspecified atom stereocenters. The summed E-state index contributed by atoms with van der Waals surface area (Å²) in [7, 11) is 3.25. The number of hydrogen-bond acceptors (Lipinski definition) is 11. The SMILES string of the molecule is COc1ccc(C(=O)CC(CNC(=O)OC(C)(C)C)c2nnc3cc(-c4ccnc(Nc5ccnn5C)n4)cc(F)n23)cn1. The number of ketones is 1. The van der Waals surface area contributed by atoms with Gasteiger partial charge in [0.2, 0.25) is 17.8 Å². The standard InChI is InChI=1S/C29H31FN10O4/c1-29(2,3)44-28(42)33-16-19(12-21(41)17-6-7-25(43-5)32-15-17)26-38-37-24-14-18(13-22(30)40(24)26)20-8-10-31-27(35-20)36-23-9-11-34-39(23)4/h6-11,13-15,19H,12,16H2,1-5H3,(H,33,42)(H,31,35,36). The van der Waals surface area contributed by atoms with E-state index in [0.29, 0.717) is 34.5 Å². The summed E-state index contributed by atoms with van der Waals surface area (Å²) in [5, 5.41) is 18.3. The van der Waals surface area contributed by atoms with E-state index in [1.165, 1.54) is 23.8 Å². The Morgan fingerprint density at radius 2 is 1.89 bits per heavy atom. The number of nitrogens with one attached hydrogen (secondary N) is 2. The molecule has 0 saturated heterocycles. The lowest BCUT2D eigenvalue weighted by molar-refractivity contribution is 0.0521. The van der Waals surface area contributed by atoms with E-state index in [1.807, 2.05) is 0 Å². The van der Waals surface area contributed by atoms with Crippen molar-refractivity contribution >= 4 is 29.3 Å². The van der Waals surface area contributed by atoms with E-state index in [2.05, 4.69) is 40.9 Å². The van der Waals surface area contributed by atoms with Crippen molar-refractivity contribution in [1.82, 2.24) is 44.6 Å². The second kappa shape index (κ2) is 12.4. The number of carbonyl (C=O) groups excluding carboxylic acids is 2. The Morgan fingerprint density at radius 1 is 1.07 bits per heavy atom. The fourth-order valence-corrected chi connectivity index (χ4v) is 4.38. The molecule has 0 aliphatic heterocycles. The van der Waals surface area contributed by atoms with Crippen LogP contribution >= 0.6 is 0 Å². The average Bonchev–Trinajstić information content (AvgIpc) is 3.60. The van der Waals surface area contributed by atoms with Gasteiger partial charge in [0.15, 0.2) is 11.4 Å². The maximum atomic E-state index is 15.8. The molecule has 5 rings (SSSR count). The molecule has 0 aliphatic rings. The predicted octanol–water partition coefficient (Wildman–Crippen LogP) is 4.09. The molecule has 2 N–H and O–H groups in total. The Balaban J connectivity index is 1.44. The average molecular weight is 603 g/mol. The zero-order valence-electron chi connectivity index (χ0n) is 24.8. The van der Waals surface area contributed by atoms with Crippen LogP contribution in [0.15, 0.2) is 55.0 Å². The molecule has 14 nitrogen and oxygen atoms in total. The van der Waals surface area contributed by atoms with Crippen molar-refractivity contribution in [2.24, 2.45) is 7.05 Å². The highest BCUT2D eigenvalue weighted by Gasteiger charge is 2.26. The van der Waals surface area contributed by atoms with Gasteiger partial charge in [-0.2, -0.15) is 9.49 Å². The van der Waals surface area contributed by atoms with Gasteiger partial charge in [-0.15, -0.1) is 10.2 Å². The van der Waals surface area contributed by atoms with Crippen LogP contribution in [0, 0.1) is 5.95 Å². The molecule has 5 heterocycles.